The molecule has 7 nitrogen and oxygen atoms in total. The molecule has 2 fully saturated rings. The highest BCUT2D eigenvalue weighted by atomic mass is 16.5. The molecule has 1 aliphatic carbocycles. The highest BCUT2D eigenvalue weighted by Crippen LogP contribution is 2.44. The van der Waals surface area contributed by atoms with E-state index in [0.717, 1.165) is 79.9 Å². The summed E-state index contributed by atoms with van der Waals surface area (Å²) >= 11 is 0. The van der Waals surface area contributed by atoms with Gasteiger partial charge in [0.25, 0.3) is 0 Å². The van der Waals surface area contributed by atoms with Gasteiger partial charge in [-0.1, -0.05) is 0 Å². The molecule has 0 radical (unpaired) electrons. The molecule has 31 heavy (non-hydrogen) atoms. The molecule has 2 aliphatic heterocycles. The van der Waals surface area contributed by atoms with Crippen LogP contribution in [0, 0.1) is 0 Å². The third-order valence-corrected chi connectivity index (χ3v) is 6.93. The SMILES string of the molecule is COC(=O)N1c2ccc(-c3cnn(C4CCOCC4)c3)c(OC3CCC3)c2CC[C@@H]1C. The standard InChI is InChI=1S/C24H31N3O4/c1-16-6-7-21-22(27(16)24(28)29-2)9-8-20(23(21)31-19-4-3-5-19)17-14-25-26(15-17)18-10-12-30-13-11-18/h8-9,14-16,18-19H,3-7,10-13H2,1-2H3/t16-/m0/s1. The number of anilines is 1. The van der Waals surface area contributed by atoms with Crippen LogP contribution in [0.3, 0.4) is 0 Å². The zero-order chi connectivity index (χ0) is 21.4. The van der Waals surface area contributed by atoms with Crippen LogP contribution in [-0.2, 0) is 15.9 Å². The highest BCUT2D eigenvalue weighted by Gasteiger charge is 2.33. The summed E-state index contributed by atoms with van der Waals surface area (Å²) in [5, 5.41) is 4.67. The molecule has 0 N–H and O–H groups in total. The minimum atomic E-state index is -0.317. The molecule has 1 saturated heterocycles. The van der Waals surface area contributed by atoms with Gasteiger partial charge >= 0.3 is 6.09 Å². The minimum absolute atomic E-state index is 0.0959. The zero-order valence-electron chi connectivity index (χ0n) is 18.4. The fraction of sp³-hybridized carbons (Fsp3) is 0.583. The van der Waals surface area contributed by atoms with Crippen LogP contribution in [0.4, 0.5) is 10.5 Å². The first-order valence-electron chi connectivity index (χ1n) is 11.5. The van der Waals surface area contributed by atoms with Gasteiger partial charge in [-0.25, -0.2) is 4.79 Å². The van der Waals surface area contributed by atoms with E-state index in [1.54, 1.807) is 4.90 Å². The van der Waals surface area contributed by atoms with Crippen LogP contribution >= 0.6 is 0 Å². The van der Waals surface area contributed by atoms with Gasteiger partial charge in [0.05, 0.1) is 31.1 Å². The first kappa shape index (κ1) is 20.4. The van der Waals surface area contributed by atoms with E-state index in [1.807, 2.05) is 12.3 Å². The first-order valence-corrected chi connectivity index (χ1v) is 11.5. The van der Waals surface area contributed by atoms with Crippen LogP contribution in [-0.4, -0.2) is 48.3 Å². The van der Waals surface area contributed by atoms with Crippen LogP contribution in [0.25, 0.3) is 11.1 Å². The lowest BCUT2D eigenvalue weighted by molar-refractivity contribution is 0.0662. The second-order valence-electron chi connectivity index (χ2n) is 8.89. The molecule has 2 aromatic rings. The van der Waals surface area contributed by atoms with Crippen LogP contribution in [0.2, 0.25) is 0 Å². The Kier molecular flexibility index (Phi) is 5.61. The van der Waals surface area contributed by atoms with Crippen molar-refractivity contribution in [2.24, 2.45) is 0 Å². The van der Waals surface area contributed by atoms with E-state index in [9.17, 15) is 4.79 Å². The van der Waals surface area contributed by atoms with E-state index in [-0.39, 0.29) is 18.2 Å². The van der Waals surface area contributed by atoms with E-state index < -0.39 is 0 Å². The van der Waals surface area contributed by atoms with Gasteiger partial charge in [-0.15, -0.1) is 0 Å². The molecule has 7 heteroatoms. The Labute approximate surface area is 183 Å². The van der Waals surface area contributed by atoms with Crippen LogP contribution in [0.15, 0.2) is 24.5 Å². The molecule has 1 saturated carbocycles. The van der Waals surface area contributed by atoms with Gasteiger partial charge in [0.15, 0.2) is 0 Å². The van der Waals surface area contributed by atoms with Crippen molar-refractivity contribution in [3.05, 3.63) is 30.1 Å². The Morgan fingerprint density at radius 3 is 2.68 bits per heavy atom. The van der Waals surface area contributed by atoms with Crippen LogP contribution in [0.5, 0.6) is 5.75 Å². The number of methoxy groups -OCH3 is 1. The third-order valence-electron chi connectivity index (χ3n) is 6.93. The molecule has 0 bridgehead atoms. The lowest BCUT2D eigenvalue weighted by Gasteiger charge is -2.37. The number of aromatic nitrogens is 2. The van der Waals surface area contributed by atoms with Gasteiger partial charge in [-0.2, -0.15) is 5.10 Å². The predicted molar refractivity (Wildman–Crippen MR) is 118 cm³/mol. The van der Waals surface area contributed by atoms with Crippen molar-refractivity contribution in [2.75, 3.05) is 25.2 Å². The predicted octanol–water partition coefficient (Wildman–Crippen LogP) is 4.74. The van der Waals surface area contributed by atoms with E-state index in [0.29, 0.717) is 6.04 Å². The first-order chi connectivity index (χ1) is 15.2. The normalized spacial score (nSPS) is 22.0. The molecule has 5 rings (SSSR count). The number of rotatable bonds is 4. The molecule has 1 amide bonds. The van der Waals surface area contributed by atoms with E-state index >= 15 is 0 Å². The summed E-state index contributed by atoms with van der Waals surface area (Å²) in [5.74, 6) is 0.912. The summed E-state index contributed by atoms with van der Waals surface area (Å²) in [6, 6.07) is 4.59. The number of nitrogens with zero attached hydrogens (tertiary/aromatic N) is 3. The molecule has 0 unspecified atom stereocenters. The van der Waals surface area contributed by atoms with Crippen molar-refractivity contribution in [2.45, 2.75) is 70.1 Å². The zero-order valence-corrected chi connectivity index (χ0v) is 18.4. The maximum atomic E-state index is 12.5. The summed E-state index contributed by atoms with van der Waals surface area (Å²) in [6.07, 6.45) is 11.1. The Morgan fingerprint density at radius 1 is 1.16 bits per heavy atom. The van der Waals surface area contributed by atoms with E-state index in [2.05, 4.69) is 29.0 Å². The van der Waals surface area contributed by atoms with Crippen LogP contribution < -0.4 is 9.64 Å². The van der Waals surface area contributed by atoms with Gasteiger partial charge in [0.1, 0.15) is 5.75 Å². The average molecular weight is 426 g/mol. The Balaban J connectivity index is 1.54. The van der Waals surface area contributed by atoms with Crippen molar-refractivity contribution in [3.8, 4) is 16.9 Å². The number of carbonyl (C=O) groups excluding carboxylic acids is 1. The second kappa shape index (κ2) is 8.54. The maximum Gasteiger partial charge on any atom is 0.414 e. The number of amides is 1. The molecule has 3 aliphatic rings. The fourth-order valence-electron chi connectivity index (χ4n) is 4.82. The number of fused-ring (bicyclic) bond motifs is 1. The number of carbonyl (C=O) groups is 1. The molecule has 3 heterocycles. The number of benzene rings is 1. The largest absolute Gasteiger partial charge is 0.489 e. The minimum Gasteiger partial charge on any atom is -0.489 e. The lowest BCUT2D eigenvalue weighted by atomic mass is 9.91. The Hall–Kier alpha value is -2.54. The fourth-order valence-corrected chi connectivity index (χ4v) is 4.82. The molecule has 1 atom stereocenters. The van der Waals surface area contributed by atoms with Crippen molar-refractivity contribution >= 4 is 11.8 Å². The molecule has 1 aromatic heterocycles. The number of hydrogen-bond acceptors (Lipinski definition) is 5. The highest BCUT2D eigenvalue weighted by molar-refractivity contribution is 5.92. The van der Waals surface area contributed by atoms with Crippen molar-refractivity contribution in [3.63, 3.8) is 0 Å². The lowest BCUT2D eigenvalue weighted by Crippen LogP contribution is -2.42. The average Bonchev–Trinajstić information content (AvgIpc) is 3.26. The summed E-state index contributed by atoms with van der Waals surface area (Å²) in [6.45, 7) is 3.64. The number of hydrogen-bond donors (Lipinski definition) is 0. The maximum absolute atomic E-state index is 12.5. The van der Waals surface area contributed by atoms with Gasteiger partial charge < -0.3 is 14.2 Å². The van der Waals surface area contributed by atoms with Crippen molar-refractivity contribution in [1.82, 2.24) is 9.78 Å². The van der Waals surface area contributed by atoms with Crippen molar-refractivity contribution < 1.29 is 19.0 Å². The summed E-state index contributed by atoms with van der Waals surface area (Å²) in [7, 11) is 1.44. The van der Waals surface area contributed by atoms with Gasteiger partial charge in [-0.05, 0) is 64.0 Å². The Bertz CT molecular complexity index is 946. The number of ether oxygens (including phenoxy) is 3. The quantitative estimate of drug-likeness (QED) is 0.708. The third kappa shape index (κ3) is 3.80. The molecule has 0 spiro atoms. The monoisotopic (exact) mass is 425 g/mol. The van der Waals surface area contributed by atoms with Gasteiger partial charge in [0.2, 0.25) is 0 Å². The van der Waals surface area contributed by atoms with E-state index in [1.165, 1.54) is 13.5 Å². The molecule has 1 aromatic carbocycles. The topological polar surface area (TPSA) is 65.8 Å². The summed E-state index contributed by atoms with van der Waals surface area (Å²) in [5.41, 5.74) is 4.13. The molecular weight excluding hydrogens is 394 g/mol. The van der Waals surface area contributed by atoms with Crippen molar-refractivity contribution in [1.29, 1.82) is 0 Å². The Morgan fingerprint density at radius 2 is 1.97 bits per heavy atom. The summed E-state index contributed by atoms with van der Waals surface area (Å²) in [4.78, 5) is 14.3. The molecular formula is C24H31N3O4. The van der Waals surface area contributed by atoms with E-state index in [4.69, 9.17) is 14.2 Å². The van der Waals surface area contributed by atoms with Crippen LogP contribution in [0.1, 0.15) is 57.1 Å². The second-order valence-corrected chi connectivity index (χ2v) is 8.89. The summed E-state index contributed by atoms with van der Waals surface area (Å²) < 4.78 is 19.2. The van der Waals surface area contributed by atoms with Gasteiger partial charge in [0, 0.05) is 42.1 Å². The smallest absolute Gasteiger partial charge is 0.414 e. The van der Waals surface area contributed by atoms with Gasteiger partial charge in [-0.3, -0.25) is 9.58 Å². The molecule has 166 valence electrons.